The van der Waals surface area contributed by atoms with Gasteiger partial charge in [-0.1, -0.05) is 48.5 Å². The molecule has 0 bridgehead atoms. The van der Waals surface area contributed by atoms with E-state index in [2.05, 4.69) is 34.2 Å². The topological polar surface area (TPSA) is 16.1 Å². The maximum absolute atomic E-state index is 13.3. The highest BCUT2D eigenvalue weighted by Gasteiger charge is 2.28. The summed E-state index contributed by atoms with van der Waals surface area (Å²) >= 11 is 8.45. The molecule has 1 aromatic carbocycles. The highest BCUT2D eigenvalue weighted by molar-refractivity contribution is 14.1. The van der Waals surface area contributed by atoms with Crippen LogP contribution in [0.2, 0.25) is 5.02 Å². The molecule has 2 aromatic rings. The van der Waals surface area contributed by atoms with Gasteiger partial charge in [-0.05, 0) is 40.3 Å². The molecule has 0 N–H and O–H groups in total. The third kappa shape index (κ3) is 3.77. The van der Waals surface area contributed by atoms with E-state index in [1.165, 1.54) is 11.1 Å². The zero-order valence-corrected chi connectivity index (χ0v) is 16.0. The minimum atomic E-state index is -2.51. The first-order valence-electron chi connectivity index (χ1n) is 7.50. The molecule has 0 saturated carbocycles. The molecule has 0 unspecified atom stereocenters. The van der Waals surface area contributed by atoms with Gasteiger partial charge in [-0.15, -0.1) is 0 Å². The van der Waals surface area contributed by atoms with Crippen molar-refractivity contribution in [3.8, 4) is 0 Å². The molecule has 0 atom stereocenters. The Morgan fingerprint density at radius 3 is 2.56 bits per heavy atom. The monoisotopic (exact) mass is 470 g/mol. The molecular formula is C19H14ClF2IN2. The van der Waals surface area contributed by atoms with Crippen molar-refractivity contribution in [1.82, 2.24) is 9.88 Å². The van der Waals surface area contributed by atoms with Crippen LogP contribution < -0.4 is 0 Å². The van der Waals surface area contributed by atoms with Gasteiger partial charge in [0.25, 0.3) is 6.43 Å². The van der Waals surface area contributed by atoms with Gasteiger partial charge in [0, 0.05) is 32.8 Å². The molecule has 0 radical (unpaired) electrons. The Kier molecular flexibility index (Phi) is 5.54. The van der Waals surface area contributed by atoms with Crippen LogP contribution in [0.25, 0.3) is 11.3 Å². The van der Waals surface area contributed by atoms with Gasteiger partial charge in [0.2, 0.25) is 0 Å². The fraction of sp³-hybridized carbons (Fsp3) is 0.105. The number of nitrogens with zero attached hydrogens (tertiary/aromatic N) is 2. The summed E-state index contributed by atoms with van der Waals surface area (Å²) in [4.78, 5) is 5.53. The minimum absolute atomic E-state index is 0.406. The molecule has 0 saturated heterocycles. The average molecular weight is 471 g/mol. The van der Waals surface area contributed by atoms with Crippen molar-refractivity contribution in [2.24, 2.45) is 0 Å². The molecule has 2 nitrogen and oxygen atoms in total. The third-order valence-corrected chi connectivity index (χ3v) is 5.07. The summed E-state index contributed by atoms with van der Waals surface area (Å²) in [6.45, 7) is 3.53. The van der Waals surface area contributed by atoms with Gasteiger partial charge in [-0.2, -0.15) is 0 Å². The standard InChI is InChI=1S/C19H14ClF2IN2/c1-12-17(23)9-15(13-5-3-2-4-6-13)19(25(12)11-18(21)22)14-7-8-24-10-16(14)20/h2-10,18H,1,11H2. The summed E-state index contributed by atoms with van der Waals surface area (Å²) in [5, 5.41) is 0.406. The van der Waals surface area contributed by atoms with Gasteiger partial charge in [0.05, 0.1) is 17.3 Å². The van der Waals surface area contributed by atoms with Crippen LogP contribution in [0.15, 0.2) is 70.7 Å². The Morgan fingerprint density at radius 1 is 1.20 bits per heavy atom. The zero-order chi connectivity index (χ0) is 18.0. The summed E-state index contributed by atoms with van der Waals surface area (Å²) in [7, 11) is 0. The van der Waals surface area contributed by atoms with Gasteiger partial charge in [0.1, 0.15) is 0 Å². The summed E-state index contributed by atoms with van der Waals surface area (Å²) in [6, 6.07) is 11.4. The second-order valence-corrected chi connectivity index (χ2v) is 6.99. The largest absolute Gasteiger partial charge is 0.334 e. The van der Waals surface area contributed by atoms with Crippen molar-refractivity contribution >= 4 is 45.5 Å². The maximum atomic E-state index is 13.3. The highest BCUT2D eigenvalue weighted by Crippen LogP contribution is 2.42. The summed E-state index contributed by atoms with van der Waals surface area (Å²) in [5.74, 6) is 0. The van der Waals surface area contributed by atoms with Gasteiger partial charge < -0.3 is 4.90 Å². The van der Waals surface area contributed by atoms with E-state index in [1.807, 2.05) is 36.4 Å². The van der Waals surface area contributed by atoms with Crippen LogP contribution in [-0.2, 0) is 0 Å². The lowest BCUT2D eigenvalue weighted by Gasteiger charge is -2.34. The number of allylic oxidation sites excluding steroid dienone is 3. The first kappa shape index (κ1) is 18.1. The average Bonchev–Trinajstić information content (AvgIpc) is 2.60. The predicted molar refractivity (Wildman–Crippen MR) is 106 cm³/mol. The molecule has 25 heavy (non-hydrogen) atoms. The molecule has 1 aliphatic rings. The van der Waals surface area contributed by atoms with Crippen molar-refractivity contribution in [3.05, 3.63) is 86.9 Å². The lowest BCUT2D eigenvalue weighted by molar-refractivity contribution is 0.123. The number of rotatable bonds is 4. The molecule has 3 rings (SSSR count). The van der Waals surface area contributed by atoms with E-state index < -0.39 is 13.0 Å². The molecule has 1 aliphatic heterocycles. The second-order valence-electron chi connectivity index (χ2n) is 5.42. The van der Waals surface area contributed by atoms with Crippen molar-refractivity contribution < 1.29 is 8.78 Å². The molecule has 0 amide bonds. The van der Waals surface area contributed by atoms with E-state index in [0.29, 0.717) is 22.0 Å². The van der Waals surface area contributed by atoms with Crippen LogP contribution in [0.3, 0.4) is 0 Å². The van der Waals surface area contributed by atoms with E-state index >= 15 is 0 Å². The zero-order valence-electron chi connectivity index (χ0n) is 13.1. The Balaban J connectivity index is 2.30. The highest BCUT2D eigenvalue weighted by atomic mass is 127. The molecule has 0 spiro atoms. The number of aromatic nitrogens is 1. The van der Waals surface area contributed by atoms with Gasteiger partial charge >= 0.3 is 0 Å². The van der Waals surface area contributed by atoms with Crippen LogP contribution in [0, 0.1) is 0 Å². The van der Waals surface area contributed by atoms with E-state index in [-0.39, 0.29) is 0 Å². The predicted octanol–water partition coefficient (Wildman–Crippen LogP) is 6.02. The Hall–Kier alpha value is -1.73. The Labute approximate surface area is 163 Å². The van der Waals surface area contributed by atoms with Crippen LogP contribution in [-0.4, -0.2) is 22.9 Å². The lowest BCUT2D eigenvalue weighted by atomic mass is 9.95. The molecule has 0 aliphatic carbocycles. The second kappa shape index (κ2) is 7.66. The molecular weight excluding hydrogens is 457 g/mol. The Morgan fingerprint density at radius 2 is 1.92 bits per heavy atom. The summed E-state index contributed by atoms with van der Waals surface area (Å²) < 4.78 is 27.3. The molecule has 6 heteroatoms. The molecule has 1 aromatic heterocycles. The summed E-state index contributed by atoms with van der Waals surface area (Å²) in [6.07, 6.45) is 2.56. The van der Waals surface area contributed by atoms with Gasteiger partial charge in [-0.25, -0.2) is 8.78 Å². The van der Waals surface area contributed by atoms with Crippen molar-refractivity contribution in [2.45, 2.75) is 6.43 Å². The third-order valence-electron chi connectivity index (χ3n) is 3.83. The number of pyridine rings is 1. The smallest absolute Gasteiger partial charge is 0.256 e. The number of benzene rings is 1. The van der Waals surface area contributed by atoms with Crippen molar-refractivity contribution in [2.75, 3.05) is 6.54 Å². The van der Waals surface area contributed by atoms with Gasteiger partial charge in [-0.3, -0.25) is 4.98 Å². The van der Waals surface area contributed by atoms with Crippen molar-refractivity contribution in [1.29, 1.82) is 0 Å². The van der Waals surface area contributed by atoms with Crippen molar-refractivity contribution in [3.63, 3.8) is 0 Å². The lowest BCUT2D eigenvalue weighted by Crippen LogP contribution is -2.29. The van der Waals surface area contributed by atoms with E-state index in [9.17, 15) is 8.78 Å². The quantitative estimate of drug-likeness (QED) is 0.508. The van der Waals surface area contributed by atoms with Gasteiger partial charge in [0.15, 0.2) is 0 Å². The maximum Gasteiger partial charge on any atom is 0.256 e. The summed E-state index contributed by atoms with van der Waals surface area (Å²) in [5.41, 5.74) is 3.54. The van der Waals surface area contributed by atoms with E-state index in [1.54, 1.807) is 12.3 Å². The minimum Gasteiger partial charge on any atom is -0.334 e. The molecule has 0 fully saturated rings. The van der Waals surface area contributed by atoms with Crippen LogP contribution in [0.4, 0.5) is 8.78 Å². The fourth-order valence-corrected chi connectivity index (χ4v) is 3.53. The molecule has 128 valence electrons. The van der Waals surface area contributed by atoms with E-state index in [0.717, 1.165) is 14.7 Å². The molecule has 2 heterocycles. The normalized spacial score (nSPS) is 15.0. The van der Waals surface area contributed by atoms with Crippen LogP contribution >= 0.6 is 34.2 Å². The fourth-order valence-electron chi connectivity index (χ4n) is 2.72. The van der Waals surface area contributed by atoms with Crippen LogP contribution in [0.5, 0.6) is 0 Å². The number of alkyl halides is 2. The van der Waals surface area contributed by atoms with Crippen LogP contribution in [0.1, 0.15) is 11.1 Å². The SMILES string of the molecule is C=C1C(I)=CC(c2ccccc2)=C(c2ccncc2Cl)N1CC(F)F. The number of hydrogen-bond acceptors (Lipinski definition) is 2. The first-order valence-corrected chi connectivity index (χ1v) is 8.96. The number of halogens is 4. The van der Waals surface area contributed by atoms with E-state index in [4.69, 9.17) is 11.6 Å². The number of hydrogen-bond donors (Lipinski definition) is 0. The Bertz CT molecular complexity index is 863. The first-order chi connectivity index (χ1) is 12.0.